The molecule has 0 amide bonds. The van der Waals surface area contributed by atoms with Gasteiger partial charge in [-0.15, -0.1) is 22.7 Å². The molecule has 0 bridgehead atoms. The first kappa shape index (κ1) is 18.1. The number of benzene rings is 1. The maximum atomic E-state index is 12.7. The molecule has 0 atom stereocenters. The van der Waals surface area contributed by atoms with Gasteiger partial charge in [0, 0.05) is 25.6 Å². The van der Waals surface area contributed by atoms with E-state index in [1.807, 2.05) is 11.4 Å². The summed E-state index contributed by atoms with van der Waals surface area (Å²) in [5.74, 6) is -1.08. The summed E-state index contributed by atoms with van der Waals surface area (Å²) >= 11 is 9.70. The van der Waals surface area contributed by atoms with E-state index in [4.69, 9.17) is 11.6 Å². The lowest BCUT2D eigenvalue weighted by Crippen LogP contribution is -2.05. The zero-order valence-corrected chi connectivity index (χ0v) is 16.7. The summed E-state index contributed by atoms with van der Waals surface area (Å²) < 4.78 is 2.28. The predicted molar refractivity (Wildman–Crippen MR) is 110 cm³/mol. The second-order valence-electron chi connectivity index (χ2n) is 5.67. The SMILES string of the molecule is O=C(O)c1c(-c2ccc(Cl)cc2)csc1[N+](=O)Cc1sc2ccsc2c1O. The van der Waals surface area contributed by atoms with Gasteiger partial charge in [0.15, 0.2) is 11.3 Å². The average Bonchev–Trinajstić information content (AvgIpc) is 3.33. The quantitative estimate of drug-likeness (QED) is 0.357. The molecular weight excluding hydrogens is 426 g/mol. The Morgan fingerprint density at radius 3 is 2.56 bits per heavy atom. The van der Waals surface area contributed by atoms with Gasteiger partial charge < -0.3 is 10.2 Å². The number of hydrogen-bond donors (Lipinski definition) is 2. The number of aromatic hydroxyl groups is 1. The highest BCUT2D eigenvalue weighted by molar-refractivity contribution is 7.27. The Labute approximate surface area is 170 Å². The van der Waals surface area contributed by atoms with E-state index in [1.165, 1.54) is 22.7 Å². The van der Waals surface area contributed by atoms with Crippen LogP contribution in [0.4, 0.5) is 5.00 Å². The Morgan fingerprint density at radius 2 is 1.89 bits per heavy atom. The summed E-state index contributed by atoms with van der Waals surface area (Å²) in [5, 5.41) is 24.1. The minimum Gasteiger partial charge on any atom is -0.505 e. The zero-order chi connectivity index (χ0) is 19.1. The number of nitroso groups, excluding NO2 is 1. The normalized spacial score (nSPS) is 11.1. The standard InChI is InChI=1S/C18H10ClNO4S3/c19-10-3-1-9(2-4-10)11-8-26-17(14(11)18(22)23)20(24)7-13-15(21)16-12(27-13)5-6-25-16/h1-6,8H,7H2,(H-,21,22,23)/p+1. The maximum Gasteiger partial charge on any atom is 0.344 e. The highest BCUT2D eigenvalue weighted by Crippen LogP contribution is 2.43. The second kappa shape index (κ2) is 7.05. The Morgan fingerprint density at radius 1 is 1.15 bits per heavy atom. The van der Waals surface area contributed by atoms with Crippen molar-refractivity contribution in [1.82, 2.24) is 0 Å². The first-order valence-electron chi connectivity index (χ1n) is 7.69. The van der Waals surface area contributed by atoms with Crippen LogP contribution in [0.15, 0.2) is 41.1 Å². The van der Waals surface area contributed by atoms with Gasteiger partial charge in [-0.05, 0) is 29.1 Å². The van der Waals surface area contributed by atoms with Gasteiger partial charge in [0.1, 0.15) is 4.88 Å². The van der Waals surface area contributed by atoms with Crippen LogP contribution in [0.3, 0.4) is 0 Å². The minimum atomic E-state index is -1.17. The van der Waals surface area contributed by atoms with Crippen LogP contribution in [-0.4, -0.2) is 20.9 Å². The molecule has 0 aliphatic heterocycles. The van der Waals surface area contributed by atoms with Crippen molar-refractivity contribution in [2.75, 3.05) is 0 Å². The molecule has 4 aromatic rings. The van der Waals surface area contributed by atoms with Crippen molar-refractivity contribution in [2.24, 2.45) is 0 Å². The number of halogens is 1. The first-order valence-corrected chi connectivity index (χ1v) is 10.6. The van der Waals surface area contributed by atoms with Gasteiger partial charge in [0.05, 0.1) is 9.46 Å². The van der Waals surface area contributed by atoms with E-state index in [0.717, 1.165) is 20.7 Å². The molecule has 0 saturated carbocycles. The highest BCUT2D eigenvalue weighted by atomic mass is 35.5. The second-order valence-corrected chi connectivity index (χ2v) is 9.01. The largest absolute Gasteiger partial charge is 0.505 e. The van der Waals surface area contributed by atoms with Gasteiger partial charge in [-0.1, -0.05) is 35.1 Å². The number of thiophene rings is 3. The molecule has 0 aliphatic rings. The molecule has 4 rings (SSSR count). The first-order chi connectivity index (χ1) is 13.0. The number of carboxylic acid groups (broad SMARTS) is 1. The van der Waals surface area contributed by atoms with Crippen LogP contribution in [0.2, 0.25) is 5.02 Å². The van der Waals surface area contributed by atoms with Gasteiger partial charge >= 0.3 is 11.0 Å². The van der Waals surface area contributed by atoms with E-state index < -0.39 is 5.97 Å². The molecule has 1 aromatic carbocycles. The predicted octanol–water partition coefficient (Wildman–Crippen LogP) is 6.36. The molecule has 3 heterocycles. The summed E-state index contributed by atoms with van der Waals surface area (Å²) in [6.45, 7) is -0.112. The minimum absolute atomic E-state index is 0.0461. The summed E-state index contributed by atoms with van der Waals surface area (Å²) in [6, 6.07) is 8.66. The number of hydrogen-bond acceptors (Lipinski definition) is 6. The Kier molecular flexibility index (Phi) is 4.73. The molecule has 0 radical (unpaired) electrons. The van der Waals surface area contributed by atoms with Crippen LogP contribution >= 0.6 is 45.6 Å². The van der Waals surface area contributed by atoms with Crippen molar-refractivity contribution in [3.63, 3.8) is 0 Å². The van der Waals surface area contributed by atoms with E-state index in [0.29, 0.717) is 25.8 Å². The van der Waals surface area contributed by atoms with E-state index in [-0.39, 0.29) is 22.9 Å². The zero-order valence-electron chi connectivity index (χ0n) is 13.5. The molecule has 0 fully saturated rings. The van der Waals surface area contributed by atoms with Gasteiger partial charge in [-0.25, -0.2) is 4.79 Å². The van der Waals surface area contributed by atoms with E-state index >= 15 is 0 Å². The molecule has 0 unspecified atom stereocenters. The van der Waals surface area contributed by atoms with Crippen LogP contribution in [0.1, 0.15) is 15.2 Å². The number of nitrogens with zero attached hydrogens (tertiary/aromatic N) is 1. The van der Waals surface area contributed by atoms with E-state index in [2.05, 4.69) is 0 Å². The van der Waals surface area contributed by atoms with Crippen LogP contribution < -0.4 is 0 Å². The number of carbonyl (C=O) groups is 1. The van der Waals surface area contributed by atoms with Crippen LogP contribution in [0.25, 0.3) is 20.5 Å². The Bertz CT molecular complexity index is 1170. The summed E-state index contributed by atoms with van der Waals surface area (Å²) in [5.41, 5.74) is 1.10. The van der Waals surface area contributed by atoms with Crippen molar-refractivity contribution in [1.29, 1.82) is 0 Å². The van der Waals surface area contributed by atoms with E-state index in [1.54, 1.807) is 29.6 Å². The summed E-state index contributed by atoms with van der Waals surface area (Å²) in [4.78, 5) is 25.1. The third-order valence-electron chi connectivity index (χ3n) is 4.00. The lowest BCUT2D eigenvalue weighted by atomic mass is 10.0. The molecule has 27 heavy (non-hydrogen) atoms. The Balaban J connectivity index is 1.71. The highest BCUT2D eigenvalue weighted by Gasteiger charge is 2.32. The van der Waals surface area contributed by atoms with Crippen molar-refractivity contribution in [2.45, 2.75) is 6.54 Å². The summed E-state index contributed by atoms with van der Waals surface area (Å²) in [6.07, 6.45) is 0. The molecule has 0 aliphatic carbocycles. The topological polar surface area (TPSA) is 77.6 Å². The average molecular weight is 437 g/mol. The van der Waals surface area contributed by atoms with E-state index in [9.17, 15) is 19.9 Å². The van der Waals surface area contributed by atoms with Crippen molar-refractivity contribution >= 4 is 66.0 Å². The maximum absolute atomic E-state index is 12.7. The molecular formula is C18H11ClNO4S3+. The molecule has 0 saturated heterocycles. The van der Waals surface area contributed by atoms with Gasteiger partial charge in [-0.3, -0.25) is 0 Å². The number of aromatic carboxylic acids is 1. The molecule has 136 valence electrons. The monoisotopic (exact) mass is 436 g/mol. The van der Waals surface area contributed by atoms with Crippen molar-refractivity contribution in [3.05, 3.63) is 61.5 Å². The third-order valence-corrected chi connectivity index (χ3v) is 7.41. The molecule has 9 heteroatoms. The lowest BCUT2D eigenvalue weighted by Gasteiger charge is -2.00. The fourth-order valence-electron chi connectivity index (χ4n) is 2.75. The van der Waals surface area contributed by atoms with Crippen LogP contribution in [-0.2, 0) is 6.54 Å². The number of rotatable bonds is 5. The molecule has 3 aromatic heterocycles. The van der Waals surface area contributed by atoms with Crippen LogP contribution in [0, 0.1) is 4.91 Å². The van der Waals surface area contributed by atoms with Gasteiger partial charge in [-0.2, -0.15) is 0 Å². The molecule has 2 N–H and O–H groups in total. The third kappa shape index (κ3) is 3.25. The fraction of sp³-hybridized carbons (Fsp3) is 0.0556. The van der Waals surface area contributed by atoms with Gasteiger partial charge in [0.25, 0.3) is 0 Å². The van der Waals surface area contributed by atoms with Crippen molar-refractivity contribution < 1.29 is 19.8 Å². The summed E-state index contributed by atoms with van der Waals surface area (Å²) in [7, 11) is 0. The van der Waals surface area contributed by atoms with Crippen molar-refractivity contribution in [3.8, 4) is 16.9 Å². The number of carboxylic acids is 1. The van der Waals surface area contributed by atoms with Crippen LogP contribution in [0.5, 0.6) is 5.75 Å². The smallest absolute Gasteiger partial charge is 0.344 e. The Hall–Kier alpha value is -2.26. The fourth-order valence-corrected chi connectivity index (χ4v) is 6.00. The molecule has 5 nitrogen and oxygen atoms in total. The number of fused-ring (bicyclic) bond motifs is 1. The van der Waals surface area contributed by atoms with Gasteiger partial charge in [0.2, 0.25) is 6.54 Å². The molecule has 0 spiro atoms. The lowest BCUT2D eigenvalue weighted by molar-refractivity contribution is -0.475.